The van der Waals surface area contributed by atoms with Crippen molar-refractivity contribution >= 4 is 24.2 Å². The summed E-state index contributed by atoms with van der Waals surface area (Å²) in [7, 11) is 3.33. The van der Waals surface area contributed by atoms with Gasteiger partial charge in [0.05, 0.1) is 12.0 Å². The van der Waals surface area contributed by atoms with Crippen LogP contribution in [0.5, 0.6) is 0 Å². The topological polar surface area (TPSA) is 84.7 Å². The second-order valence-electron chi connectivity index (χ2n) is 7.33. The van der Waals surface area contributed by atoms with Crippen molar-refractivity contribution in [1.82, 2.24) is 10.2 Å². The van der Waals surface area contributed by atoms with Gasteiger partial charge in [-0.2, -0.15) is 0 Å². The molecule has 0 radical (unpaired) electrons. The summed E-state index contributed by atoms with van der Waals surface area (Å²) in [4.78, 5) is 26.2. The Hall–Kier alpha value is -0.850. The summed E-state index contributed by atoms with van der Waals surface area (Å²) in [5, 5.41) is 2.61. The van der Waals surface area contributed by atoms with Gasteiger partial charge in [0.15, 0.2) is 0 Å². The van der Waals surface area contributed by atoms with Crippen molar-refractivity contribution in [2.45, 2.75) is 45.3 Å². The molecule has 7 heteroatoms. The number of hydrogen-bond donors (Lipinski definition) is 2. The van der Waals surface area contributed by atoms with E-state index in [9.17, 15) is 9.59 Å². The maximum absolute atomic E-state index is 13.0. The van der Waals surface area contributed by atoms with Crippen molar-refractivity contribution < 1.29 is 14.3 Å². The van der Waals surface area contributed by atoms with E-state index in [0.29, 0.717) is 6.54 Å². The molecule has 23 heavy (non-hydrogen) atoms. The minimum atomic E-state index is -0.907. The minimum Gasteiger partial charge on any atom is -0.377 e. The Bertz CT molecular complexity index is 471. The fourth-order valence-corrected chi connectivity index (χ4v) is 4.15. The molecule has 134 valence electrons. The van der Waals surface area contributed by atoms with Crippen molar-refractivity contribution in [3.8, 4) is 0 Å². The third-order valence-electron chi connectivity index (χ3n) is 5.63. The van der Waals surface area contributed by atoms with E-state index >= 15 is 0 Å². The van der Waals surface area contributed by atoms with Crippen LogP contribution in [0.3, 0.4) is 0 Å². The van der Waals surface area contributed by atoms with E-state index < -0.39 is 5.54 Å². The van der Waals surface area contributed by atoms with Crippen molar-refractivity contribution in [2.24, 2.45) is 23.0 Å². The largest absolute Gasteiger partial charge is 0.377 e. The number of hydrogen-bond acceptors (Lipinski definition) is 4. The number of ether oxygens (including phenoxy) is 1. The van der Waals surface area contributed by atoms with Gasteiger partial charge in [-0.05, 0) is 12.8 Å². The van der Waals surface area contributed by atoms with Gasteiger partial charge in [0.25, 0.3) is 0 Å². The van der Waals surface area contributed by atoms with Gasteiger partial charge in [0.1, 0.15) is 5.54 Å². The second kappa shape index (κ2) is 6.95. The maximum atomic E-state index is 13.0. The first-order chi connectivity index (χ1) is 10.2. The molecule has 6 nitrogen and oxygen atoms in total. The molecule has 0 aromatic rings. The van der Waals surface area contributed by atoms with Gasteiger partial charge in [-0.3, -0.25) is 9.59 Å². The molecule has 4 atom stereocenters. The number of nitrogens with zero attached hydrogens (tertiary/aromatic N) is 1. The van der Waals surface area contributed by atoms with Crippen LogP contribution in [0.1, 0.15) is 33.6 Å². The molecule has 1 saturated carbocycles. The summed E-state index contributed by atoms with van der Waals surface area (Å²) in [6, 6.07) is 0. The molecule has 0 bridgehead atoms. The Labute approximate surface area is 144 Å². The van der Waals surface area contributed by atoms with E-state index in [4.69, 9.17) is 10.5 Å². The van der Waals surface area contributed by atoms with Crippen LogP contribution in [0.15, 0.2) is 0 Å². The van der Waals surface area contributed by atoms with Gasteiger partial charge in [0, 0.05) is 38.6 Å². The number of carbonyl (C=O) groups excluding carboxylic acids is 2. The lowest BCUT2D eigenvalue weighted by molar-refractivity contribution is -0.229. The number of likely N-dealkylation sites (N-methyl/N-ethyl adjacent to an activating group) is 1. The van der Waals surface area contributed by atoms with E-state index in [1.807, 2.05) is 20.8 Å². The molecule has 4 unspecified atom stereocenters. The number of rotatable bonds is 4. The number of nitrogens with one attached hydrogen (secondary N) is 1. The minimum absolute atomic E-state index is 0. The monoisotopic (exact) mass is 347 g/mol. The van der Waals surface area contributed by atoms with Crippen molar-refractivity contribution in [2.75, 3.05) is 27.2 Å². The highest BCUT2D eigenvalue weighted by Gasteiger charge is 2.70. The highest BCUT2D eigenvalue weighted by molar-refractivity contribution is 5.90. The average Bonchev–Trinajstić information content (AvgIpc) is 2.52. The van der Waals surface area contributed by atoms with Crippen LogP contribution >= 0.6 is 12.4 Å². The van der Waals surface area contributed by atoms with Gasteiger partial charge in [0.2, 0.25) is 11.8 Å². The smallest absolute Gasteiger partial charge is 0.243 e. The molecule has 1 saturated heterocycles. The van der Waals surface area contributed by atoms with E-state index in [1.165, 1.54) is 0 Å². The van der Waals surface area contributed by atoms with Crippen LogP contribution in [-0.4, -0.2) is 55.6 Å². The fourth-order valence-electron chi connectivity index (χ4n) is 4.15. The zero-order chi connectivity index (χ0) is 16.7. The van der Waals surface area contributed by atoms with Crippen LogP contribution in [-0.2, 0) is 14.3 Å². The molecule has 2 amide bonds. The maximum Gasteiger partial charge on any atom is 0.243 e. The van der Waals surface area contributed by atoms with Gasteiger partial charge >= 0.3 is 0 Å². The van der Waals surface area contributed by atoms with E-state index in [0.717, 1.165) is 19.4 Å². The van der Waals surface area contributed by atoms with E-state index in [2.05, 4.69) is 5.32 Å². The lowest BCUT2D eigenvalue weighted by Gasteiger charge is -2.65. The molecule has 3 N–H and O–H groups in total. The quantitative estimate of drug-likeness (QED) is 0.787. The van der Waals surface area contributed by atoms with Gasteiger partial charge in [-0.1, -0.05) is 20.8 Å². The predicted octanol–water partition coefficient (Wildman–Crippen LogP) is 0.781. The third-order valence-corrected chi connectivity index (χ3v) is 5.63. The van der Waals surface area contributed by atoms with Crippen molar-refractivity contribution in [3.63, 3.8) is 0 Å². The zero-order valence-corrected chi connectivity index (χ0v) is 15.5. The van der Waals surface area contributed by atoms with Crippen molar-refractivity contribution in [3.05, 3.63) is 0 Å². The third kappa shape index (κ3) is 2.96. The summed E-state index contributed by atoms with van der Waals surface area (Å²) in [6.45, 7) is 6.94. The normalized spacial score (nSPS) is 32.6. The Balaban J connectivity index is 0.00000264. The molecule has 2 aliphatic rings. The second-order valence-corrected chi connectivity index (χ2v) is 7.33. The first-order valence-corrected chi connectivity index (χ1v) is 8.05. The molecule has 2 fully saturated rings. The van der Waals surface area contributed by atoms with Crippen LogP contribution in [0.25, 0.3) is 0 Å². The predicted molar refractivity (Wildman–Crippen MR) is 91.3 cm³/mol. The molecule has 0 aromatic heterocycles. The molecule has 0 aromatic carbocycles. The summed E-state index contributed by atoms with van der Waals surface area (Å²) in [5.41, 5.74) is 5.30. The van der Waals surface area contributed by atoms with Crippen LogP contribution < -0.4 is 11.1 Å². The highest BCUT2D eigenvalue weighted by atomic mass is 35.5. The number of nitrogens with two attached hydrogens (primary N) is 1. The molecule has 1 aliphatic heterocycles. The number of fused-ring (bicyclic) bond motifs is 1. The summed E-state index contributed by atoms with van der Waals surface area (Å²) < 4.78 is 5.84. The first-order valence-electron chi connectivity index (χ1n) is 8.05. The summed E-state index contributed by atoms with van der Waals surface area (Å²) in [5.74, 6) is -0.344. The lowest BCUT2D eigenvalue weighted by atomic mass is 9.46. The Morgan fingerprint density at radius 2 is 2.04 bits per heavy atom. The van der Waals surface area contributed by atoms with Gasteiger partial charge < -0.3 is 20.7 Å². The first kappa shape index (κ1) is 20.2. The Morgan fingerprint density at radius 1 is 1.43 bits per heavy atom. The zero-order valence-electron chi connectivity index (χ0n) is 14.7. The summed E-state index contributed by atoms with van der Waals surface area (Å²) in [6.07, 6.45) is 1.93. The molecule has 0 spiro atoms. The molecule has 1 aliphatic carbocycles. The number of halogens is 1. The standard InChI is InChI=1S/C16H29N3O3.ClH/c1-10(13(20)18-4)9-19(5)14(21)16(17)11-7-6-8-22-12(11)15(16,2)3;/h10-12H,6-9,17H2,1-5H3,(H,18,20);1H. The molecule has 1 heterocycles. The Kier molecular flexibility index (Phi) is 6.10. The van der Waals surface area contributed by atoms with Gasteiger partial charge in [-0.15, -0.1) is 12.4 Å². The number of carbonyl (C=O) groups is 2. The van der Waals surface area contributed by atoms with E-state index in [1.54, 1.807) is 19.0 Å². The number of amides is 2. The van der Waals surface area contributed by atoms with Crippen LogP contribution in [0, 0.1) is 17.3 Å². The Morgan fingerprint density at radius 3 is 2.61 bits per heavy atom. The summed E-state index contributed by atoms with van der Waals surface area (Å²) >= 11 is 0. The highest BCUT2D eigenvalue weighted by Crippen LogP contribution is 2.57. The SMILES string of the molecule is CNC(=O)C(C)CN(C)C(=O)C1(N)C2CCCOC2C1(C)C.Cl. The fraction of sp³-hybridized carbons (Fsp3) is 0.875. The lowest BCUT2D eigenvalue weighted by Crippen LogP contribution is -2.82. The van der Waals surface area contributed by atoms with Gasteiger partial charge in [-0.25, -0.2) is 0 Å². The molecular formula is C16H30ClN3O3. The van der Waals surface area contributed by atoms with Crippen LogP contribution in [0.4, 0.5) is 0 Å². The van der Waals surface area contributed by atoms with E-state index in [-0.39, 0.29) is 47.6 Å². The average molecular weight is 348 g/mol. The van der Waals surface area contributed by atoms with Crippen molar-refractivity contribution in [1.29, 1.82) is 0 Å². The molecular weight excluding hydrogens is 318 g/mol. The van der Waals surface area contributed by atoms with Crippen LogP contribution in [0.2, 0.25) is 0 Å². The molecule has 2 rings (SSSR count).